The van der Waals surface area contributed by atoms with Crippen molar-refractivity contribution in [2.45, 2.75) is 17.0 Å². The molecule has 9 heteroatoms. The quantitative estimate of drug-likeness (QED) is 0.395. The third kappa shape index (κ3) is 4.09. The zero-order chi connectivity index (χ0) is 19.6. The number of benzene rings is 2. The number of aryl methyl sites for hydroxylation is 2. The van der Waals surface area contributed by atoms with Crippen molar-refractivity contribution in [2.24, 2.45) is 7.05 Å². The molecule has 8 nitrogen and oxygen atoms in total. The van der Waals surface area contributed by atoms with E-state index < -0.39 is 10.8 Å². The number of nitrogens with one attached hydrogen (secondary N) is 1. The Hall–Kier alpha value is -3.33. The van der Waals surface area contributed by atoms with Gasteiger partial charge in [0.2, 0.25) is 0 Å². The summed E-state index contributed by atoms with van der Waals surface area (Å²) in [6, 6.07) is 10.1. The predicted octanol–water partition coefficient (Wildman–Crippen LogP) is 3.62. The van der Waals surface area contributed by atoms with E-state index in [-0.39, 0.29) is 16.9 Å². The van der Waals surface area contributed by atoms with E-state index in [9.17, 15) is 14.9 Å². The molecule has 0 aliphatic heterocycles. The summed E-state index contributed by atoms with van der Waals surface area (Å²) >= 11 is 1.50. The van der Waals surface area contributed by atoms with Crippen molar-refractivity contribution in [3.63, 3.8) is 0 Å². The first-order valence-corrected chi connectivity index (χ1v) is 8.78. The van der Waals surface area contributed by atoms with Gasteiger partial charge < -0.3 is 15.6 Å². The highest BCUT2D eigenvalue weighted by Gasteiger charge is 2.20. The summed E-state index contributed by atoms with van der Waals surface area (Å²) in [4.78, 5) is 28.2. The number of carbonyl (C=O) groups is 1. The number of anilines is 2. The summed E-state index contributed by atoms with van der Waals surface area (Å²) in [7, 11) is 1.91. The number of nitrogen functional groups attached to an aromatic ring is 1. The van der Waals surface area contributed by atoms with Crippen LogP contribution in [0.2, 0.25) is 0 Å². The smallest absolute Gasteiger partial charge is 0.293 e. The Labute approximate surface area is 159 Å². The van der Waals surface area contributed by atoms with Gasteiger partial charge in [-0.1, -0.05) is 11.8 Å². The fourth-order valence-electron chi connectivity index (χ4n) is 2.48. The zero-order valence-corrected chi connectivity index (χ0v) is 15.5. The standard InChI is InChI=1S/C18H17N5O3S/c1-11-9-14(16(19)15(10-11)23(25)26)17(24)21-12-3-5-13(6-4-12)27-18-20-7-8-22(18)2/h3-10H,19H2,1-2H3,(H,21,24). The van der Waals surface area contributed by atoms with Gasteiger partial charge >= 0.3 is 0 Å². The maximum atomic E-state index is 12.5. The maximum absolute atomic E-state index is 12.5. The predicted molar refractivity (Wildman–Crippen MR) is 104 cm³/mol. The summed E-state index contributed by atoms with van der Waals surface area (Å²) in [6.07, 6.45) is 3.59. The Morgan fingerprint density at radius 2 is 2.00 bits per heavy atom. The number of nitrogens with zero attached hydrogens (tertiary/aromatic N) is 3. The lowest BCUT2D eigenvalue weighted by molar-refractivity contribution is -0.384. The third-order valence-corrected chi connectivity index (χ3v) is 4.93. The molecule has 0 radical (unpaired) electrons. The van der Waals surface area contributed by atoms with Crippen LogP contribution in [0.1, 0.15) is 15.9 Å². The number of imidazole rings is 1. The van der Waals surface area contributed by atoms with Crippen LogP contribution in [-0.4, -0.2) is 20.4 Å². The van der Waals surface area contributed by atoms with Crippen molar-refractivity contribution in [3.8, 4) is 0 Å². The van der Waals surface area contributed by atoms with Gasteiger partial charge in [0.15, 0.2) is 5.16 Å². The summed E-state index contributed by atoms with van der Waals surface area (Å²) in [6.45, 7) is 1.67. The number of nitro benzene ring substituents is 1. The van der Waals surface area contributed by atoms with Gasteiger partial charge in [0.1, 0.15) is 5.69 Å². The van der Waals surface area contributed by atoms with Crippen LogP contribution in [0.25, 0.3) is 0 Å². The van der Waals surface area contributed by atoms with Crippen LogP contribution in [0.5, 0.6) is 0 Å². The first-order valence-electron chi connectivity index (χ1n) is 7.96. The molecule has 3 aromatic rings. The average Bonchev–Trinajstić information content (AvgIpc) is 3.02. The second-order valence-electron chi connectivity index (χ2n) is 5.90. The van der Waals surface area contributed by atoms with Crippen molar-refractivity contribution >= 4 is 34.7 Å². The number of nitro groups is 1. The Bertz CT molecular complexity index is 1010. The number of aromatic nitrogens is 2. The fraction of sp³-hybridized carbons (Fsp3) is 0.111. The average molecular weight is 383 g/mol. The Balaban J connectivity index is 1.77. The van der Waals surface area contributed by atoms with E-state index >= 15 is 0 Å². The third-order valence-electron chi connectivity index (χ3n) is 3.84. The van der Waals surface area contributed by atoms with Crippen molar-refractivity contribution < 1.29 is 9.72 Å². The molecule has 3 N–H and O–H groups in total. The van der Waals surface area contributed by atoms with E-state index in [2.05, 4.69) is 10.3 Å². The Morgan fingerprint density at radius 1 is 1.30 bits per heavy atom. The SMILES string of the molecule is Cc1cc(C(=O)Nc2ccc(Sc3nccn3C)cc2)c(N)c([N+](=O)[O-])c1. The van der Waals surface area contributed by atoms with Crippen LogP contribution >= 0.6 is 11.8 Å². The van der Waals surface area contributed by atoms with Crippen molar-refractivity contribution in [1.29, 1.82) is 0 Å². The Kier molecular flexibility index (Phi) is 5.13. The lowest BCUT2D eigenvalue weighted by Gasteiger charge is -2.10. The molecule has 1 aromatic heterocycles. The topological polar surface area (TPSA) is 116 Å². The highest BCUT2D eigenvalue weighted by atomic mass is 32.2. The van der Waals surface area contributed by atoms with Gasteiger partial charge in [-0.15, -0.1) is 0 Å². The van der Waals surface area contributed by atoms with E-state index in [0.29, 0.717) is 11.3 Å². The van der Waals surface area contributed by atoms with Gasteiger partial charge in [-0.3, -0.25) is 14.9 Å². The monoisotopic (exact) mass is 383 g/mol. The van der Waals surface area contributed by atoms with Crippen LogP contribution in [0.4, 0.5) is 17.1 Å². The molecule has 0 aliphatic carbocycles. The summed E-state index contributed by atoms with van der Waals surface area (Å²) < 4.78 is 1.91. The van der Waals surface area contributed by atoms with Crippen molar-refractivity contribution in [2.75, 3.05) is 11.1 Å². The van der Waals surface area contributed by atoms with Crippen LogP contribution in [0.3, 0.4) is 0 Å². The van der Waals surface area contributed by atoms with Crippen LogP contribution in [-0.2, 0) is 7.05 Å². The minimum Gasteiger partial charge on any atom is -0.393 e. The van der Waals surface area contributed by atoms with E-state index in [4.69, 9.17) is 5.73 Å². The maximum Gasteiger partial charge on any atom is 0.293 e. The molecule has 0 spiro atoms. The first-order chi connectivity index (χ1) is 12.8. The molecular weight excluding hydrogens is 366 g/mol. The Morgan fingerprint density at radius 3 is 2.59 bits per heavy atom. The molecule has 138 valence electrons. The zero-order valence-electron chi connectivity index (χ0n) is 14.7. The number of nitrogens with two attached hydrogens (primary N) is 1. The molecule has 0 saturated heterocycles. The molecule has 27 heavy (non-hydrogen) atoms. The molecule has 0 fully saturated rings. The molecular formula is C18H17N5O3S. The van der Waals surface area contributed by atoms with Gasteiger partial charge in [0.25, 0.3) is 11.6 Å². The summed E-state index contributed by atoms with van der Waals surface area (Å²) in [5.41, 5.74) is 6.61. The van der Waals surface area contributed by atoms with Crippen LogP contribution in [0, 0.1) is 17.0 Å². The summed E-state index contributed by atoms with van der Waals surface area (Å²) in [5, 5.41) is 14.7. The molecule has 0 bridgehead atoms. The van der Waals surface area contributed by atoms with E-state index in [1.165, 1.54) is 23.9 Å². The van der Waals surface area contributed by atoms with Crippen LogP contribution in [0.15, 0.2) is 58.8 Å². The molecule has 0 saturated carbocycles. The molecule has 3 rings (SSSR count). The van der Waals surface area contributed by atoms with E-state index in [1.54, 1.807) is 25.3 Å². The number of hydrogen-bond donors (Lipinski definition) is 2. The van der Waals surface area contributed by atoms with Crippen molar-refractivity contribution in [1.82, 2.24) is 9.55 Å². The van der Waals surface area contributed by atoms with Gasteiger partial charge in [-0.2, -0.15) is 0 Å². The number of hydrogen-bond acceptors (Lipinski definition) is 6. The van der Waals surface area contributed by atoms with E-state index in [0.717, 1.165) is 10.1 Å². The summed E-state index contributed by atoms with van der Waals surface area (Å²) in [5.74, 6) is -0.496. The van der Waals surface area contributed by atoms with Crippen molar-refractivity contribution in [3.05, 3.63) is 70.0 Å². The van der Waals surface area contributed by atoms with Gasteiger partial charge in [-0.05, 0) is 42.8 Å². The van der Waals surface area contributed by atoms with E-state index in [1.807, 2.05) is 29.9 Å². The molecule has 0 unspecified atom stereocenters. The minimum atomic E-state index is -0.594. The van der Waals surface area contributed by atoms with Gasteiger partial charge in [0.05, 0.1) is 10.5 Å². The second kappa shape index (κ2) is 7.50. The minimum absolute atomic E-state index is 0.0770. The first kappa shape index (κ1) is 18.5. The van der Waals surface area contributed by atoms with Gasteiger partial charge in [0, 0.05) is 36.1 Å². The molecule has 0 atom stereocenters. The number of carbonyl (C=O) groups excluding carboxylic acids is 1. The highest BCUT2D eigenvalue weighted by Crippen LogP contribution is 2.29. The highest BCUT2D eigenvalue weighted by molar-refractivity contribution is 7.99. The fourth-order valence-corrected chi connectivity index (χ4v) is 3.28. The number of amides is 1. The molecule has 1 heterocycles. The second-order valence-corrected chi connectivity index (χ2v) is 6.94. The molecule has 0 aliphatic rings. The lowest BCUT2D eigenvalue weighted by Crippen LogP contribution is -2.15. The van der Waals surface area contributed by atoms with Crippen LogP contribution < -0.4 is 11.1 Å². The lowest BCUT2D eigenvalue weighted by atomic mass is 10.1. The normalized spacial score (nSPS) is 10.6. The largest absolute Gasteiger partial charge is 0.393 e. The molecule has 1 amide bonds. The molecule has 2 aromatic carbocycles. The number of rotatable bonds is 5. The van der Waals surface area contributed by atoms with Gasteiger partial charge in [-0.25, -0.2) is 4.98 Å².